The van der Waals surface area contributed by atoms with Crippen LogP contribution in [0.2, 0.25) is 0 Å². The van der Waals surface area contributed by atoms with Gasteiger partial charge in [0.05, 0.1) is 26.6 Å². The number of benzene rings is 4. The van der Waals surface area contributed by atoms with Crippen molar-refractivity contribution in [3.63, 3.8) is 0 Å². The van der Waals surface area contributed by atoms with Crippen LogP contribution in [-0.4, -0.2) is 9.13 Å². The largest absolute Gasteiger partial charge is 0.308 e. The Bertz CT molecular complexity index is 1880. The van der Waals surface area contributed by atoms with Crippen LogP contribution >= 0.6 is 11.3 Å². The Morgan fingerprint density at radius 3 is 1.85 bits per heavy atom. The molecule has 0 aliphatic rings. The van der Waals surface area contributed by atoms with Crippen molar-refractivity contribution in [3.05, 3.63) is 120 Å². The SMILES string of the molecule is O=c1c2c3ccccc3n(-c3ccccc3)c2c2sc3ccccc3c2n1-c1ccccc1. The summed E-state index contributed by atoms with van der Waals surface area (Å²) in [5, 5.41) is 2.84. The highest BCUT2D eigenvalue weighted by Crippen LogP contribution is 2.42. The van der Waals surface area contributed by atoms with Gasteiger partial charge in [-0.3, -0.25) is 9.36 Å². The summed E-state index contributed by atoms with van der Waals surface area (Å²) in [5.41, 5.74) is 4.95. The number of pyridine rings is 1. The zero-order valence-electron chi connectivity index (χ0n) is 17.6. The van der Waals surface area contributed by atoms with Crippen LogP contribution in [-0.2, 0) is 0 Å². The third-order valence-corrected chi connectivity index (χ3v) is 7.50. The van der Waals surface area contributed by atoms with Crippen molar-refractivity contribution in [2.45, 2.75) is 0 Å². The van der Waals surface area contributed by atoms with Crippen LogP contribution in [0, 0.1) is 0 Å². The molecule has 156 valence electrons. The fourth-order valence-electron chi connectivity index (χ4n) is 4.97. The van der Waals surface area contributed by atoms with Gasteiger partial charge in [0.25, 0.3) is 5.56 Å². The number of thiophene rings is 1. The van der Waals surface area contributed by atoms with Gasteiger partial charge in [-0.15, -0.1) is 11.3 Å². The van der Waals surface area contributed by atoms with Gasteiger partial charge in [0.1, 0.15) is 0 Å². The van der Waals surface area contributed by atoms with Crippen LogP contribution in [0.15, 0.2) is 114 Å². The summed E-state index contributed by atoms with van der Waals surface area (Å²) >= 11 is 1.75. The fraction of sp³-hybridized carbons (Fsp3) is 0. The molecule has 0 aliphatic carbocycles. The maximum absolute atomic E-state index is 14.3. The van der Waals surface area contributed by atoms with Gasteiger partial charge in [-0.2, -0.15) is 0 Å². The minimum Gasteiger partial charge on any atom is -0.308 e. The molecule has 0 fully saturated rings. The number of para-hydroxylation sites is 3. The van der Waals surface area contributed by atoms with Crippen molar-refractivity contribution in [1.29, 1.82) is 0 Å². The molecule has 0 saturated heterocycles. The first-order chi connectivity index (χ1) is 16.3. The van der Waals surface area contributed by atoms with Crippen LogP contribution in [0.1, 0.15) is 0 Å². The van der Waals surface area contributed by atoms with E-state index in [1.807, 2.05) is 71.3 Å². The second kappa shape index (κ2) is 6.92. The van der Waals surface area contributed by atoms with E-state index in [4.69, 9.17) is 0 Å². The Balaban J connectivity index is 1.83. The number of rotatable bonds is 2. The Hall–Kier alpha value is -4.15. The number of hydrogen-bond donors (Lipinski definition) is 0. The first kappa shape index (κ1) is 18.4. The predicted molar refractivity (Wildman–Crippen MR) is 139 cm³/mol. The monoisotopic (exact) mass is 442 g/mol. The van der Waals surface area contributed by atoms with Gasteiger partial charge < -0.3 is 4.57 Å². The summed E-state index contributed by atoms with van der Waals surface area (Å²) in [7, 11) is 0. The fourth-order valence-corrected chi connectivity index (χ4v) is 6.20. The summed E-state index contributed by atoms with van der Waals surface area (Å²) in [6.07, 6.45) is 0. The molecule has 4 aromatic carbocycles. The standard InChI is InChI=1S/C29H18N2OS/c32-29-25-21-15-7-9-17-23(21)30(19-11-3-1-4-12-19)27(25)28-26(22-16-8-10-18-24(22)33-28)31(29)20-13-5-2-6-14-20/h1-18H. The van der Waals surface area contributed by atoms with Crippen LogP contribution in [0.4, 0.5) is 0 Å². The summed E-state index contributed by atoms with van der Waals surface area (Å²) in [4.78, 5) is 14.3. The van der Waals surface area contributed by atoms with Gasteiger partial charge in [-0.05, 0) is 36.4 Å². The summed E-state index contributed by atoms with van der Waals surface area (Å²) in [6, 6.07) is 36.9. The molecule has 7 aromatic rings. The molecule has 4 heteroatoms. The summed E-state index contributed by atoms with van der Waals surface area (Å²) in [5.74, 6) is 0. The van der Waals surface area contributed by atoms with Crippen molar-refractivity contribution >= 4 is 53.4 Å². The van der Waals surface area contributed by atoms with E-state index in [-0.39, 0.29) is 5.56 Å². The second-order valence-electron chi connectivity index (χ2n) is 8.16. The lowest BCUT2D eigenvalue weighted by atomic mass is 10.1. The van der Waals surface area contributed by atoms with E-state index >= 15 is 0 Å². The van der Waals surface area contributed by atoms with Crippen LogP contribution < -0.4 is 5.56 Å². The highest BCUT2D eigenvalue weighted by atomic mass is 32.1. The normalized spacial score (nSPS) is 11.8. The van der Waals surface area contributed by atoms with Crippen LogP contribution in [0.3, 0.4) is 0 Å². The van der Waals surface area contributed by atoms with Gasteiger partial charge in [0, 0.05) is 26.8 Å². The van der Waals surface area contributed by atoms with E-state index in [0.29, 0.717) is 0 Å². The Kier molecular flexibility index (Phi) is 3.87. The molecule has 0 N–H and O–H groups in total. The minimum absolute atomic E-state index is 0.0122. The highest BCUT2D eigenvalue weighted by molar-refractivity contribution is 7.26. The average molecular weight is 443 g/mol. The molecule has 0 unspecified atom stereocenters. The molecule has 0 atom stereocenters. The lowest BCUT2D eigenvalue weighted by Gasteiger charge is -2.12. The number of hydrogen-bond acceptors (Lipinski definition) is 2. The third-order valence-electron chi connectivity index (χ3n) is 6.33. The van der Waals surface area contributed by atoms with Crippen LogP contribution in [0.25, 0.3) is 53.5 Å². The van der Waals surface area contributed by atoms with E-state index in [9.17, 15) is 4.79 Å². The maximum atomic E-state index is 14.3. The van der Waals surface area contributed by atoms with Gasteiger partial charge in [0.15, 0.2) is 0 Å². The molecule has 7 rings (SSSR count). The first-order valence-electron chi connectivity index (χ1n) is 10.9. The molecule has 0 amide bonds. The Labute approximate surface area is 193 Å². The molecule has 0 spiro atoms. The molecule has 3 heterocycles. The van der Waals surface area contributed by atoms with Gasteiger partial charge in [-0.25, -0.2) is 0 Å². The molecule has 0 saturated carbocycles. The number of fused-ring (bicyclic) bond motifs is 7. The van der Waals surface area contributed by atoms with E-state index in [1.54, 1.807) is 11.3 Å². The molecule has 0 bridgehead atoms. The Morgan fingerprint density at radius 2 is 1.12 bits per heavy atom. The zero-order valence-corrected chi connectivity index (χ0v) is 18.4. The average Bonchev–Trinajstić information content (AvgIpc) is 3.42. The van der Waals surface area contributed by atoms with Gasteiger partial charge in [-0.1, -0.05) is 72.8 Å². The molecule has 3 nitrogen and oxygen atoms in total. The van der Waals surface area contributed by atoms with E-state index < -0.39 is 0 Å². The van der Waals surface area contributed by atoms with Gasteiger partial charge in [0.2, 0.25) is 0 Å². The van der Waals surface area contributed by atoms with Crippen molar-refractivity contribution in [2.75, 3.05) is 0 Å². The lowest BCUT2D eigenvalue weighted by molar-refractivity contribution is 1.07. The topological polar surface area (TPSA) is 26.9 Å². The van der Waals surface area contributed by atoms with Crippen molar-refractivity contribution in [3.8, 4) is 11.4 Å². The lowest BCUT2D eigenvalue weighted by Crippen LogP contribution is -2.18. The van der Waals surface area contributed by atoms with Crippen LogP contribution in [0.5, 0.6) is 0 Å². The van der Waals surface area contributed by atoms with E-state index in [0.717, 1.165) is 48.8 Å². The summed E-state index contributed by atoms with van der Waals surface area (Å²) in [6.45, 7) is 0. The molecule has 0 radical (unpaired) electrons. The third kappa shape index (κ3) is 2.53. The number of aromatic nitrogens is 2. The first-order valence-corrected chi connectivity index (χ1v) is 11.7. The number of nitrogens with zero attached hydrogens (tertiary/aromatic N) is 2. The molecule has 0 aliphatic heterocycles. The van der Waals surface area contributed by atoms with Crippen molar-refractivity contribution < 1.29 is 0 Å². The predicted octanol–water partition coefficient (Wildman–Crippen LogP) is 7.30. The maximum Gasteiger partial charge on any atom is 0.265 e. The molecular formula is C29H18N2OS. The molecule has 3 aromatic heterocycles. The Morgan fingerprint density at radius 1 is 0.545 bits per heavy atom. The molecule has 33 heavy (non-hydrogen) atoms. The van der Waals surface area contributed by atoms with Gasteiger partial charge >= 0.3 is 0 Å². The van der Waals surface area contributed by atoms with Crippen molar-refractivity contribution in [2.24, 2.45) is 0 Å². The summed E-state index contributed by atoms with van der Waals surface area (Å²) < 4.78 is 6.45. The quantitative estimate of drug-likeness (QED) is 0.276. The van der Waals surface area contributed by atoms with E-state index in [2.05, 4.69) is 47.0 Å². The van der Waals surface area contributed by atoms with Crippen molar-refractivity contribution in [1.82, 2.24) is 9.13 Å². The highest BCUT2D eigenvalue weighted by Gasteiger charge is 2.23. The molecular weight excluding hydrogens is 424 g/mol. The smallest absolute Gasteiger partial charge is 0.265 e. The van der Waals surface area contributed by atoms with E-state index in [1.165, 1.54) is 4.70 Å². The second-order valence-corrected chi connectivity index (χ2v) is 9.22. The minimum atomic E-state index is 0.0122. The zero-order chi connectivity index (χ0) is 21.9.